The number of benzene rings is 1. The number of aryl methyl sites for hydroxylation is 2. The Hall–Kier alpha value is -3.42. The first-order valence-electron chi connectivity index (χ1n) is 9.78. The zero-order valence-corrected chi connectivity index (χ0v) is 18.9. The second kappa shape index (κ2) is 10.0. The van der Waals surface area contributed by atoms with Crippen molar-refractivity contribution in [1.29, 1.82) is 0 Å². The minimum atomic E-state index is -5.13. The monoisotopic (exact) mass is 472 g/mol. The van der Waals surface area contributed by atoms with Crippen LogP contribution in [0.3, 0.4) is 0 Å². The molecule has 0 saturated carbocycles. The van der Waals surface area contributed by atoms with Gasteiger partial charge in [-0.2, -0.15) is 0 Å². The van der Waals surface area contributed by atoms with Crippen LogP contribution in [0, 0.1) is 12.3 Å². The first kappa shape index (κ1) is 24.2. The lowest BCUT2D eigenvalue weighted by Gasteiger charge is -2.28. The maximum absolute atomic E-state index is 13.0. The number of phosphoric acid groups is 1. The van der Waals surface area contributed by atoms with Gasteiger partial charge in [0, 0.05) is 13.6 Å². The molecular weight excluding hydrogens is 451 g/mol. The third kappa shape index (κ3) is 5.50. The van der Waals surface area contributed by atoms with E-state index in [0.717, 1.165) is 10.1 Å². The van der Waals surface area contributed by atoms with E-state index in [0.29, 0.717) is 11.6 Å². The van der Waals surface area contributed by atoms with Crippen molar-refractivity contribution in [2.75, 3.05) is 13.7 Å². The Bertz CT molecular complexity index is 1400. The van der Waals surface area contributed by atoms with E-state index >= 15 is 0 Å². The Labute approximate surface area is 188 Å². The van der Waals surface area contributed by atoms with Gasteiger partial charge in [-0.3, -0.25) is 9.36 Å². The van der Waals surface area contributed by atoms with Gasteiger partial charge in [0.1, 0.15) is 11.6 Å². The van der Waals surface area contributed by atoms with E-state index in [1.807, 2.05) is 18.2 Å². The number of terminal acetylenes is 1. The molecule has 0 aliphatic heterocycles. The summed E-state index contributed by atoms with van der Waals surface area (Å²) < 4.78 is 23.7. The van der Waals surface area contributed by atoms with Crippen molar-refractivity contribution in [3.05, 3.63) is 56.5 Å². The average Bonchev–Trinajstić information content (AvgIpc) is 3.10. The lowest BCUT2D eigenvalue weighted by atomic mass is 10.2. The Morgan fingerprint density at radius 2 is 2.00 bits per heavy atom. The van der Waals surface area contributed by atoms with Crippen LogP contribution in [0.2, 0.25) is 0 Å². The zero-order chi connectivity index (χ0) is 24.2. The van der Waals surface area contributed by atoms with Crippen molar-refractivity contribution in [1.82, 2.24) is 18.7 Å². The third-order valence-corrected chi connectivity index (χ3v) is 5.32. The number of phosphoric ester groups is 1. The highest BCUT2D eigenvalue weighted by Gasteiger charge is 2.19. The number of imidazole rings is 1. The fourth-order valence-electron chi connectivity index (χ4n) is 3.28. The molecule has 0 radical (unpaired) electrons. The summed E-state index contributed by atoms with van der Waals surface area (Å²) in [6, 6.07) is 7.32. The zero-order valence-electron chi connectivity index (χ0n) is 18.0. The molecule has 33 heavy (non-hydrogen) atoms. The minimum Gasteiger partial charge on any atom is -0.790 e. The quantitative estimate of drug-likeness (QED) is 0.239. The first-order valence-corrected chi connectivity index (χ1v) is 11.2. The maximum Gasteiger partial charge on any atom is 0.333 e. The van der Waals surface area contributed by atoms with Gasteiger partial charge in [0.05, 0.1) is 28.1 Å². The van der Waals surface area contributed by atoms with Gasteiger partial charge in [-0.1, -0.05) is 24.1 Å². The van der Waals surface area contributed by atoms with E-state index in [9.17, 15) is 23.9 Å². The van der Waals surface area contributed by atoms with Crippen molar-refractivity contribution in [3.63, 3.8) is 0 Å². The molecule has 3 rings (SSSR count). The van der Waals surface area contributed by atoms with Gasteiger partial charge in [-0.05, 0) is 30.2 Å². The van der Waals surface area contributed by atoms with Crippen molar-refractivity contribution >= 4 is 31.1 Å². The second-order valence-corrected chi connectivity index (χ2v) is 8.13. The standard InChI is InChI=1S/C21H23N4O7P/c1-4-11-25-20(26)18-19(24(21(25)27)12-6-13-32-33(28,29)30)22-17(23(18)2)10-9-15-7-5-8-16(14-15)31-3/h1,5,7-10,14H,6,11-13H2,2-3H3,(H2,28,29,30)/p-2. The molecule has 0 unspecified atom stereocenters. The Kier molecular flexibility index (Phi) is 7.36. The van der Waals surface area contributed by atoms with E-state index in [1.54, 1.807) is 32.4 Å². The topological polar surface area (TPSA) is 143 Å². The van der Waals surface area contributed by atoms with E-state index in [1.165, 1.54) is 9.13 Å². The van der Waals surface area contributed by atoms with Gasteiger partial charge in [-0.25, -0.2) is 14.3 Å². The smallest absolute Gasteiger partial charge is 0.333 e. The molecule has 174 valence electrons. The van der Waals surface area contributed by atoms with Crippen molar-refractivity contribution < 1.29 is 23.6 Å². The lowest BCUT2D eigenvalue weighted by molar-refractivity contribution is -0.341. The molecule has 11 nitrogen and oxygen atoms in total. The van der Waals surface area contributed by atoms with Crippen molar-refractivity contribution in [3.8, 4) is 18.1 Å². The van der Waals surface area contributed by atoms with Crippen LogP contribution in [-0.4, -0.2) is 32.4 Å². The summed E-state index contributed by atoms with van der Waals surface area (Å²) in [7, 11) is -1.94. The van der Waals surface area contributed by atoms with Gasteiger partial charge in [-0.15, -0.1) is 6.42 Å². The minimum absolute atomic E-state index is 0.0172. The predicted octanol–water partition coefficient (Wildman–Crippen LogP) is -0.0557. The molecule has 2 heterocycles. The fourth-order valence-corrected chi connectivity index (χ4v) is 3.63. The van der Waals surface area contributed by atoms with Crippen molar-refractivity contribution in [2.45, 2.75) is 19.5 Å². The summed E-state index contributed by atoms with van der Waals surface area (Å²) in [5, 5.41) is 0. The molecule has 0 atom stereocenters. The molecule has 0 spiro atoms. The van der Waals surface area contributed by atoms with Crippen LogP contribution < -0.4 is 25.8 Å². The molecule has 0 aliphatic carbocycles. The SMILES string of the molecule is C#CCn1c(=O)c2c(nc(C=Cc3cccc(OC)c3)n2C)n(CCCOP(=O)([O-])[O-])c1=O. The summed E-state index contributed by atoms with van der Waals surface area (Å²) in [5.74, 6) is 3.35. The Balaban J connectivity index is 2.06. The first-order chi connectivity index (χ1) is 15.7. The van der Waals surface area contributed by atoms with Crippen LogP contribution in [-0.2, 0) is 29.2 Å². The highest BCUT2D eigenvalue weighted by atomic mass is 31.2. The van der Waals surface area contributed by atoms with Crippen LogP contribution in [0.15, 0.2) is 33.9 Å². The van der Waals surface area contributed by atoms with Gasteiger partial charge in [0.15, 0.2) is 11.2 Å². The fraction of sp³-hybridized carbons (Fsp3) is 0.286. The number of rotatable bonds is 9. The van der Waals surface area contributed by atoms with Crippen LogP contribution in [0.25, 0.3) is 23.3 Å². The number of aromatic nitrogens is 4. The van der Waals surface area contributed by atoms with E-state index in [2.05, 4.69) is 15.4 Å². The molecule has 0 amide bonds. The number of nitrogens with zero attached hydrogens (tertiary/aromatic N) is 4. The molecule has 0 saturated heterocycles. The number of hydrogen-bond acceptors (Lipinski definition) is 8. The van der Waals surface area contributed by atoms with Crippen LogP contribution in [0.1, 0.15) is 17.8 Å². The van der Waals surface area contributed by atoms with Gasteiger partial charge in [0.2, 0.25) is 0 Å². The summed E-state index contributed by atoms with van der Waals surface area (Å²) in [6.45, 7) is -0.710. The third-order valence-electron chi connectivity index (χ3n) is 4.82. The molecular formula is C21H21N4O7P-2. The maximum atomic E-state index is 13.0. The van der Waals surface area contributed by atoms with Crippen LogP contribution >= 0.6 is 7.82 Å². The van der Waals surface area contributed by atoms with Crippen LogP contribution in [0.5, 0.6) is 5.75 Å². The molecule has 3 aromatic rings. The number of hydrogen-bond donors (Lipinski definition) is 0. The molecule has 0 aliphatic rings. The number of fused-ring (bicyclic) bond motifs is 1. The summed E-state index contributed by atoms with van der Waals surface area (Å²) in [5.41, 5.74) is -0.201. The predicted molar refractivity (Wildman–Crippen MR) is 118 cm³/mol. The van der Waals surface area contributed by atoms with Gasteiger partial charge >= 0.3 is 5.69 Å². The van der Waals surface area contributed by atoms with E-state index in [4.69, 9.17) is 11.2 Å². The number of methoxy groups -OCH3 is 1. The number of ether oxygens (including phenoxy) is 1. The van der Waals surface area contributed by atoms with E-state index < -0.39 is 25.7 Å². The summed E-state index contributed by atoms with van der Waals surface area (Å²) >= 11 is 0. The summed E-state index contributed by atoms with van der Waals surface area (Å²) in [6.07, 6.45) is 8.80. The Morgan fingerprint density at radius 1 is 1.24 bits per heavy atom. The highest BCUT2D eigenvalue weighted by Crippen LogP contribution is 2.24. The molecule has 1 aromatic carbocycles. The molecule has 0 bridgehead atoms. The largest absolute Gasteiger partial charge is 0.790 e. The Morgan fingerprint density at radius 3 is 2.67 bits per heavy atom. The average molecular weight is 472 g/mol. The molecule has 2 aromatic heterocycles. The van der Waals surface area contributed by atoms with E-state index in [-0.39, 0.29) is 30.7 Å². The summed E-state index contributed by atoms with van der Waals surface area (Å²) in [4.78, 5) is 51.6. The molecule has 0 N–H and O–H groups in total. The van der Waals surface area contributed by atoms with Crippen molar-refractivity contribution in [2.24, 2.45) is 7.05 Å². The normalized spacial score (nSPS) is 11.8. The highest BCUT2D eigenvalue weighted by molar-refractivity contribution is 7.43. The van der Waals surface area contributed by atoms with Gasteiger partial charge in [0.25, 0.3) is 5.56 Å². The lowest BCUT2D eigenvalue weighted by Crippen LogP contribution is -2.40. The van der Waals surface area contributed by atoms with Crippen LogP contribution in [0.4, 0.5) is 0 Å². The van der Waals surface area contributed by atoms with Gasteiger partial charge < -0.3 is 28.2 Å². The second-order valence-electron chi connectivity index (χ2n) is 6.97. The molecule has 12 heteroatoms. The molecule has 0 fully saturated rings.